The van der Waals surface area contributed by atoms with Crippen LogP contribution in [0.25, 0.3) is 21.5 Å². The fraction of sp³-hybridized carbons (Fsp3) is 0.214. The lowest BCUT2D eigenvalue weighted by Gasteiger charge is -2.21. The lowest BCUT2D eigenvalue weighted by Crippen LogP contribution is -2.14. The summed E-state index contributed by atoms with van der Waals surface area (Å²) in [5, 5.41) is 15.0. The van der Waals surface area contributed by atoms with Gasteiger partial charge in [0, 0.05) is 11.1 Å². The molecule has 0 unspecified atom stereocenters. The zero-order valence-corrected chi connectivity index (χ0v) is 17.1. The monoisotopic (exact) mass is 388 g/mol. The van der Waals surface area contributed by atoms with Gasteiger partial charge in [0.05, 0.1) is 11.4 Å². The average Bonchev–Trinajstić information content (AvgIpc) is 2.82. The quantitative estimate of drug-likeness (QED) is 0.318. The molecular weight excluding hydrogens is 364 g/mol. The normalized spacial score (nSPS) is 18.7. The molecule has 6 rings (SSSR count). The molecule has 2 aliphatic carbocycles. The molecule has 0 fully saturated rings. The van der Waals surface area contributed by atoms with E-state index in [2.05, 4.69) is 72.8 Å². The average molecular weight is 389 g/mol. The van der Waals surface area contributed by atoms with Gasteiger partial charge in [-0.3, -0.25) is 0 Å². The number of rotatable bonds is 1. The second-order valence-electron chi connectivity index (χ2n) is 8.44. The number of hydrogen-bond acceptors (Lipinski definition) is 2. The van der Waals surface area contributed by atoms with Crippen LogP contribution in [-0.2, 0) is 12.8 Å². The molecule has 0 aliphatic heterocycles. The van der Waals surface area contributed by atoms with E-state index in [0.29, 0.717) is 0 Å². The number of hydrogen-bond donors (Lipinski definition) is 0. The maximum absolute atomic E-state index is 4.91. The molecule has 0 saturated carbocycles. The maximum atomic E-state index is 4.91. The summed E-state index contributed by atoms with van der Waals surface area (Å²) < 4.78 is 0. The van der Waals surface area contributed by atoms with Gasteiger partial charge < -0.3 is 0 Å². The molecule has 30 heavy (non-hydrogen) atoms. The van der Waals surface area contributed by atoms with Crippen molar-refractivity contribution in [1.82, 2.24) is 0 Å². The molecule has 2 heteroatoms. The molecule has 0 radical (unpaired) electrons. The fourth-order valence-corrected chi connectivity index (χ4v) is 5.19. The molecule has 0 atom stereocenters. The summed E-state index contributed by atoms with van der Waals surface area (Å²) in [6.45, 7) is 0. The maximum Gasteiger partial charge on any atom is 0.0711 e. The van der Waals surface area contributed by atoms with Crippen molar-refractivity contribution in [3.8, 4) is 0 Å². The van der Waals surface area contributed by atoms with E-state index in [9.17, 15) is 0 Å². The molecule has 2 aliphatic rings. The van der Waals surface area contributed by atoms with Crippen LogP contribution in [0, 0.1) is 0 Å². The second-order valence-corrected chi connectivity index (χ2v) is 8.44. The Morgan fingerprint density at radius 1 is 0.467 bits per heavy atom. The summed E-state index contributed by atoms with van der Waals surface area (Å²) in [4.78, 5) is 0. The first-order valence-corrected chi connectivity index (χ1v) is 11.0. The largest absolute Gasteiger partial charge is 0.155 e. The first kappa shape index (κ1) is 17.6. The molecule has 4 aromatic carbocycles. The van der Waals surface area contributed by atoms with Crippen molar-refractivity contribution in [1.29, 1.82) is 0 Å². The zero-order chi connectivity index (χ0) is 19.9. The number of benzene rings is 4. The van der Waals surface area contributed by atoms with Crippen LogP contribution in [0.4, 0.5) is 0 Å². The fourth-order valence-electron chi connectivity index (χ4n) is 5.19. The van der Waals surface area contributed by atoms with Crippen molar-refractivity contribution < 1.29 is 0 Å². The van der Waals surface area contributed by atoms with Crippen molar-refractivity contribution >= 4 is 33.0 Å². The van der Waals surface area contributed by atoms with Crippen LogP contribution in [0.5, 0.6) is 0 Å². The molecule has 4 aromatic rings. The Bertz CT molecular complexity index is 1240. The van der Waals surface area contributed by atoms with Gasteiger partial charge in [0.15, 0.2) is 0 Å². The van der Waals surface area contributed by atoms with Crippen molar-refractivity contribution in [2.24, 2.45) is 10.2 Å². The molecule has 0 spiro atoms. The Morgan fingerprint density at radius 2 is 0.933 bits per heavy atom. The Balaban J connectivity index is 1.52. The highest BCUT2D eigenvalue weighted by molar-refractivity contribution is 6.15. The van der Waals surface area contributed by atoms with Gasteiger partial charge >= 0.3 is 0 Å². The van der Waals surface area contributed by atoms with Gasteiger partial charge in [-0.15, -0.1) is 0 Å². The van der Waals surface area contributed by atoms with Crippen LogP contribution in [-0.4, -0.2) is 11.4 Å². The molecule has 0 saturated heterocycles. The first-order valence-electron chi connectivity index (χ1n) is 11.0. The minimum Gasteiger partial charge on any atom is -0.155 e. The van der Waals surface area contributed by atoms with Crippen LogP contribution in [0.3, 0.4) is 0 Å². The molecular formula is C28H24N2. The third kappa shape index (κ3) is 2.87. The van der Waals surface area contributed by atoms with E-state index in [-0.39, 0.29) is 0 Å². The van der Waals surface area contributed by atoms with Crippen LogP contribution < -0.4 is 0 Å². The van der Waals surface area contributed by atoms with E-state index < -0.39 is 0 Å². The Labute approximate surface area is 177 Å². The lowest BCUT2D eigenvalue weighted by atomic mass is 9.86. The summed E-state index contributed by atoms with van der Waals surface area (Å²) >= 11 is 0. The van der Waals surface area contributed by atoms with E-state index in [4.69, 9.17) is 10.2 Å². The second kappa shape index (κ2) is 7.21. The van der Waals surface area contributed by atoms with E-state index in [1.165, 1.54) is 43.8 Å². The van der Waals surface area contributed by atoms with Gasteiger partial charge in [-0.05, 0) is 71.2 Å². The van der Waals surface area contributed by atoms with Crippen LogP contribution in [0.15, 0.2) is 83.0 Å². The smallest absolute Gasteiger partial charge is 0.0711 e. The van der Waals surface area contributed by atoms with Gasteiger partial charge in [-0.2, -0.15) is 10.2 Å². The Hall–Kier alpha value is -3.26. The summed E-state index contributed by atoms with van der Waals surface area (Å²) in [5.41, 5.74) is 7.75. The Kier molecular flexibility index (Phi) is 4.23. The standard InChI is InChI=1S/C28H24N2/c1-3-11-23-19(7-1)15-17-21-9-5-13-25(27(21)23)29-30-26-14-6-10-22-18-16-20-8-2-4-12-24(20)28(22)26/h1-4,7-8,11-12,15-18H,5-6,9-10,13-14H2/b29-25+,30-26+. The minimum atomic E-state index is 1.00. The molecule has 0 aromatic heterocycles. The van der Waals surface area contributed by atoms with Gasteiger partial charge in [0.1, 0.15) is 0 Å². The van der Waals surface area contributed by atoms with Crippen LogP contribution >= 0.6 is 0 Å². The van der Waals surface area contributed by atoms with Crippen molar-refractivity contribution in [2.75, 3.05) is 0 Å². The van der Waals surface area contributed by atoms with Gasteiger partial charge in [0.2, 0.25) is 0 Å². The molecule has 0 N–H and O–H groups in total. The lowest BCUT2D eigenvalue weighted by molar-refractivity contribution is 0.828. The van der Waals surface area contributed by atoms with Crippen LogP contribution in [0.2, 0.25) is 0 Å². The summed E-state index contributed by atoms with van der Waals surface area (Å²) in [7, 11) is 0. The first-order chi connectivity index (χ1) is 14.9. The van der Waals surface area contributed by atoms with E-state index in [1.807, 2.05) is 0 Å². The topological polar surface area (TPSA) is 24.7 Å². The van der Waals surface area contributed by atoms with Gasteiger partial charge in [0.25, 0.3) is 0 Å². The summed E-state index contributed by atoms with van der Waals surface area (Å²) in [6, 6.07) is 26.4. The molecule has 0 amide bonds. The highest BCUT2D eigenvalue weighted by atomic mass is 15.2. The SMILES string of the molecule is c1ccc2c3c(ccc2c1)CCC/C3=N\N=C1/CCCc2ccc3ccccc3c21. The number of fused-ring (bicyclic) bond motifs is 6. The van der Waals surface area contributed by atoms with Crippen molar-refractivity contribution in [2.45, 2.75) is 38.5 Å². The van der Waals surface area contributed by atoms with E-state index >= 15 is 0 Å². The van der Waals surface area contributed by atoms with E-state index in [0.717, 1.165) is 49.9 Å². The highest BCUT2D eigenvalue weighted by Crippen LogP contribution is 2.32. The van der Waals surface area contributed by atoms with Crippen molar-refractivity contribution in [3.63, 3.8) is 0 Å². The molecule has 2 nitrogen and oxygen atoms in total. The predicted octanol–water partition coefficient (Wildman–Crippen LogP) is 6.86. The number of aryl methyl sites for hydroxylation is 2. The third-order valence-electron chi connectivity index (χ3n) is 6.62. The summed E-state index contributed by atoms with van der Waals surface area (Å²) in [5.74, 6) is 0. The van der Waals surface area contributed by atoms with Gasteiger partial charge in [-0.25, -0.2) is 0 Å². The van der Waals surface area contributed by atoms with E-state index in [1.54, 1.807) is 0 Å². The van der Waals surface area contributed by atoms with Crippen molar-refractivity contribution in [3.05, 3.63) is 95.1 Å². The zero-order valence-electron chi connectivity index (χ0n) is 17.1. The Morgan fingerprint density at radius 3 is 1.43 bits per heavy atom. The van der Waals surface area contributed by atoms with Crippen LogP contribution in [0.1, 0.15) is 47.9 Å². The number of nitrogens with zero attached hydrogens (tertiary/aromatic N) is 2. The molecule has 0 heterocycles. The predicted molar refractivity (Wildman–Crippen MR) is 127 cm³/mol. The third-order valence-corrected chi connectivity index (χ3v) is 6.62. The van der Waals surface area contributed by atoms with Gasteiger partial charge in [-0.1, -0.05) is 72.8 Å². The molecule has 0 bridgehead atoms. The highest BCUT2D eigenvalue weighted by Gasteiger charge is 2.21. The minimum absolute atomic E-state index is 1.00. The molecule has 146 valence electrons. The summed E-state index contributed by atoms with van der Waals surface area (Å²) in [6.07, 6.45) is 6.55.